The van der Waals surface area contributed by atoms with Crippen LogP contribution in [0, 0.1) is 11.6 Å². The van der Waals surface area contributed by atoms with Crippen LogP contribution in [0.2, 0.25) is 5.02 Å². The highest BCUT2D eigenvalue weighted by Gasteiger charge is 2.20. The molecule has 2 rings (SSSR count). The quantitative estimate of drug-likeness (QED) is 0.931. The molecule has 0 spiro atoms. The fourth-order valence-electron chi connectivity index (χ4n) is 2.17. The normalized spacial score (nSPS) is 12.2. The summed E-state index contributed by atoms with van der Waals surface area (Å²) >= 11 is 6.06. The van der Waals surface area contributed by atoms with Gasteiger partial charge < -0.3 is 10.6 Å². The Bertz CT molecular complexity index is 604. The van der Waals surface area contributed by atoms with E-state index in [9.17, 15) is 8.78 Å². The number of hydrogen-bond acceptors (Lipinski definition) is 2. The molecule has 20 heavy (non-hydrogen) atoms. The van der Waals surface area contributed by atoms with Crippen LogP contribution in [0.4, 0.5) is 14.5 Å². The molecule has 0 heterocycles. The molecule has 2 nitrogen and oxygen atoms in total. The fraction of sp³-hybridized carbons (Fsp3) is 0.200. The van der Waals surface area contributed by atoms with Crippen molar-refractivity contribution in [1.82, 2.24) is 0 Å². The second kappa shape index (κ2) is 6.20. The summed E-state index contributed by atoms with van der Waals surface area (Å²) in [6.45, 7) is 0.232. The van der Waals surface area contributed by atoms with Crippen molar-refractivity contribution in [2.45, 2.75) is 6.04 Å². The number of benzene rings is 2. The van der Waals surface area contributed by atoms with Crippen molar-refractivity contribution in [2.75, 3.05) is 18.5 Å². The Labute approximate surface area is 121 Å². The molecule has 0 saturated heterocycles. The molecule has 2 aromatic carbocycles. The molecule has 0 aliphatic heterocycles. The number of rotatable bonds is 4. The first-order valence-corrected chi connectivity index (χ1v) is 6.54. The lowest BCUT2D eigenvalue weighted by molar-refractivity contribution is 0.600. The van der Waals surface area contributed by atoms with E-state index in [-0.39, 0.29) is 23.4 Å². The molecule has 2 aromatic rings. The number of anilines is 1. The summed E-state index contributed by atoms with van der Waals surface area (Å²) in [4.78, 5) is 1.70. The van der Waals surface area contributed by atoms with Crippen molar-refractivity contribution in [3.8, 4) is 0 Å². The van der Waals surface area contributed by atoms with Crippen LogP contribution >= 0.6 is 11.6 Å². The SMILES string of the molecule is CN(c1ccccc1F)C(CN)c1ccc(F)cc1Cl. The highest BCUT2D eigenvalue weighted by atomic mass is 35.5. The molecule has 0 bridgehead atoms. The highest BCUT2D eigenvalue weighted by molar-refractivity contribution is 6.31. The average molecular weight is 297 g/mol. The summed E-state index contributed by atoms with van der Waals surface area (Å²) in [5, 5.41) is 0.281. The van der Waals surface area contributed by atoms with Crippen LogP contribution in [-0.4, -0.2) is 13.6 Å². The lowest BCUT2D eigenvalue weighted by Gasteiger charge is -2.30. The number of hydrogen-bond donors (Lipinski definition) is 1. The molecular weight excluding hydrogens is 282 g/mol. The monoisotopic (exact) mass is 296 g/mol. The van der Waals surface area contributed by atoms with E-state index in [0.717, 1.165) is 0 Å². The summed E-state index contributed by atoms with van der Waals surface area (Å²) in [5.74, 6) is -0.755. The molecular formula is C15H15ClF2N2. The molecule has 1 unspecified atom stereocenters. The number of likely N-dealkylation sites (N-methyl/N-ethyl adjacent to an activating group) is 1. The summed E-state index contributed by atoms with van der Waals surface area (Å²) in [6, 6.07) is 10.2. The van der Waals surface area contributed by atoms with E-state index in [1.165, 1.54) is 18.2 Å². The number of nitrogens with zero attached hydrogens (tertiary/aromatic N) is 1. The highest BCUT2D eigenvalue weighted by Crippen LogP contribution is 2.31. The maximum atomic E-state index is 13.8. The molecule has 0 radical (unpaired) electrons. The lowest BCUT2D eigenvalue weighted by Crippen LogP contribution is -2.31. The molecule has 5 heteroatoms. The Kier molecular flexibility index (Phi) is 4.57. The number of para-hydroxylation sites is 1. The van der Waals surface area contributed by atoms with Crippen LogP contribution in [0.1, 0.15) is 11.6 Å². The van der Waals surface area contributed by atoms with Gasteiger partial charge >= 0.3 is 0 Å². The lowest BCUT2D eigenvalue weighted by atomic mass is 10.0. The van der Waals surface area contributed by atoms with Gasteiger partial charge in [-0.2, -0.15) is 0 Å². The second-order valence-electron chi connectivity index (χ2n) is 4.48. The maximum absolute atomic E-state index is 13.8. The smallest absolute Gasteiger partial charge is 0.146 e. The molecule has 1 atom stereocenters. The summed E-state index contributed by atoms with van der Waals surface area (Å²) in [6.07, 6.45) is 0. The Hall–Kier alpha value is -1.65. The van der Waals surface area contributed by atoms with Crippen molar-refractivity contribution in [2.24, 2.45) is 5.73 Å². The van der Waals surface area contributed by atoms with Crippen LogP contribution in [0.3, 0.4) is 0 Å². The molecule has 0 saturated carbocycles. The number of halogens is 3. The van der Waals surface area contributed by atoms with E-state index in [4.69, 9.17) is 17.3 Å². The van der Waals surface area contributed by atoms with Gasteiger partial charge in [0.2, 0.25) is 0 Å². The molecule has 0 aliphatic carbocycles. The Morgan fingerprint density at radius 3 is 2.50 bits per heavy atom. The fourth-order valence-corrected chi connectivity index (χ4v) is 2.46. The zero-order valence-corrected chi connectivity index (χ0v) is 11.7. The van der Waals surface area contributed by atoms with Crippen LogP contribution in [0.5, 0.6) is 0 Å². The van der Waals surface area contributed by atoms with E-state index >= 15 is 0 Å². The topological polar surface area (TPSA) is 29.3 Å². The van der Waals surface area contributed by atoms with Gasteiger partial charge in [-0.15, -0.1) is 0 Å². The minimum Gasteiger partial charge on any atom is -0.364 e. The molecule has 2 N–H and O–H groups in total. The van der Waals surface area contributed by atoms with E-state index in [1.807, 2.05) is 0 Å². The van der Waals surface area contributed by atoms with Gasteiger partial charge in [0.05, 0.1) is 11.7 Å². The Balaban J connectivity index is 2.39. The van der Waals surface area contributed by atoms with E-state index < -0.39 is 5.82 Å². The van der Waals surface area contributed by atoms with Gasteiger partial charge in [-0.3, -0.25) is 0 Å². The molecule has 0 fully saturated rings. The largest absolute Gasteiger partial charge is 0.364 e. The molecule has 0 aromatic heterocycles. The number of nitrogens with two attached hydrogens (primary N) is 1. The maximum Gasteiger partial charge on any atom is 0.146 e. The Morgan fingerprint density at radius 2 is 1.90 bits per heavy atom. The van der Waals surface area contributed by atoms with Crippen LogP contribution in [-0.2, 0) is 0 Å². The Morgan fingerprint density at radius 1 is 1.20 bits per heavy atom. The van der Waals surface area contributed by atoms with Crippen molar-refractivity contribution in [3.63, 3.8) is 0 Å². The van der Waals surface area contributed by atoms with Crippen molar-refractivity contribution in [1.29, 1.82) is 0 Å². The van der Waals surface area contributed by atoms with Crippen LogP contribution in [0.15, 0.2) is 42.5 Å². The van der Waals surface area contributed by atoms with Gasteiger partial charge in [-0.25, -0.2) is 8.78 Å². The van der Waals surface area contributed by atoms with Crippen molar-refractivity contribution >= 4 is 17.3 Å². The first kappa shape index (κ1) is 14.8. The van der Waals surface area contributed by atoms with Gasteiger partial charge in [0, 0.05) is 18.6 Å². The zero-order chi connectivity index (χ0) is 14.7. The first-order valence-electron chi connectivity index (χ1n) is 6.17. The van der Waals surface area contributed by atoms with E-state index in [1.54, 1.807) is 36.2 Å². The van der Waals surface area contributed by atoms with Gasteiger partial charge in [-0.1, -0.05) is 29.8 Å². The van der Waals surface area contributed by atoms with Crippen LogP contribution in [0.25, 0.3) is 0 Å². The summed E-state index contributed by atoms with van der Waals surface area (Å²) in [7, 11) is 1.73. The third kappa shape index (κ3) is 2.92. The predicted molar refractivity (Wildman–Crippen MR) is 78.0 cm³/mol. The van der Waals surface area contributed by atoms with Crippen molar-refractivity contribution in [3.05, 3.63) is 64.7 Å². The van der Waals surface area contributed by atoms with Gasteiger partial charge in [0.15, 0.2) is 0 Å². The minimum atomic E-state index is -0.414. The van der Waals surface area contributed by atoms with Gasteiger partial charge in [0.25, 0.3) is 0 Å². The first-order chi connectivity index (χ1) is 9.54. The summed E-state index contributed by atoms with van der Waals surface area (Å²) < 4.78 is 27.0. The zero-order valence-electron chi connectivity index (χ0n) is 11.0. The van der Waals surface area contributed by atoms with Crippen LogP contribution < -0.4 is 10.6 Å². The minimum absolute atomic E-state index is 0.232. The molecule has 106 valence electrons. The van der Waals surface area contributed by atoms with Gasteiger partial charge in [-0.05, 0) is 29.8 Å². The molecule has 0 amide bonds. The van der Waals surface area contributed by atoms with Gasteiger partial charge in [0.1, 0.15) is 11.6 Å². The molecule has 0 aliphatic rings. The van der Waals surface area contributed by atoms with E-state index in [2.05, 4.69) is 0 Å². The van der Waals surface area contributed by atoms with E-state index in [0.29, 0.717) is 11.3 Å². The average Bonchev–Trinajstić information content (AvgIpc) is 2.42. The third-order valence-electron chi connectivity index (χ3n) is 3.24. The predicted octanol–water partition coefficient (Wildman–Crippen LogP) is 3.75. The second-order valence-corrected chi connectivity index (χ2v) is 4.89. The standard InChI is InChI=1S/C15H15ClF2N2/c1-20(14-5-3-2-4-13(14)18)15(9-19)11-7-6-10(17)8-12(11)16/h2-8,15H,9,19H2,1H3. The van der Waals surface area contributed by atoms with Crippen molar-refractivity contribution < 1.29 is 8.78 Å². The summed E-state index contributed by atoms with van der Waals surface area (Å²) in [5.41, 5.74) is 6.87. The third-order valence-corrected chi connectivity index (χ3v) is 3.57.